The van der Waals surface area contributed by atoms with Crippen molar-refractivity contribution in [1.29, 1.82) is 0 Å². The summed E-state index contributed by atoms with van der Waals surface area (Å²) < 4.78 is 35.8. The molecule has 0 radical (unpaired) electrons. The third-order valence-electron chi connectivity index (χ3n) is 6.45. The van der Waals surface area contributed by atoms with Gasteiger partial charge in [0, 0.05) is 11.0 Å². The van der Waals surface area contributed by atoms with Crippen LogP contribution in [-0.2, 0) is 29.4 Å². The van der Waals surface area contributed by atoms with Crippen LogP contribution in [0.25, 0.3) is 10.4 Å². The summed E-state index contributed by atoms with van der Waals surface area (Å²) in [5.74, 6) is -4.93. The van der Waals surface area contributed by atoms with Crippen LogP contribution in [0.4, 0.5) is 3.89 Å². The van der Waals surface area contributed by atoms with E-state index in [4.69, 9.17) is 5.53 Å². The van der Waals surface area contributed by atoms with Gasteiger partial charge in [0.1, 0.15) is 30.4 Å². The summed E-state index contributed by atoms with van der Waals surface area (Å²) in [5, 5.41) is 23.3. The maximum Gasteiger partial charge on any atom is 0.304 e. The van der Waals surface area contributed by atoms with Gasteiger partial charge in [0.15, 0.2) is 0 Å². The number of hydrogen-bond donors (Lipinski definition) is 5. The first-order valence-electron chi connectivity index (χ1n) is 13.3. The van der Waals surface area contributed by atoms with Crippen LogP contribution in [0.5, 0.6) is 0 Å². The molecule has 0 aromatic rings. The Kier molecular flexibility index (Phi) is 16.4. The Morgan fingerprint density at radius 1 is 0.850 bits per heavy atom. The molecule has 0 spiro atoms. The minimum Gasteiger partial charge on any atom is -0.391 e. The van der Waals surface area contributed by atoms with Gasteiger partial charge in [-0.05, 0) is 36.6 Å². The third kappa shape index (κ3) is 13.9. The molecular formula is C24H44FN7O7S. The van der Waals surface area contributed by atoms with E-state index in [1.165, 1.54) is 6.92 Å². The molecule has 0 aliphatic rings. The second-order valence-corrected chi connectivity index (χ2v) is 11.9. The summed E-state index contributed by atoms with van der Waals surface area (Å²) in [6, 6.07) is -4.87. The number of carbonyl (C=O) groups is 4. The Bertz CT molecular complexity index is 1020. The first-order chi connectivity index (χ1) is 18.5. The van der Waals surface area contributed by atoms with Crippen LogP contribution in [0, 0.1) is 17.8 Å². The lowest BCUT2D eigenvalue weighted by Crippen LogP contribution is -2.61. The van der Waals surface area contributed by atoms with Crippen molar-refractivity contribution in [3.8, 4) is 0 Å². The number of amides is 4. The first-order valence-corrected chi connectivity index (χ1v) is 14.8. The Morgan fingerprint density at radius 2 is 1.30 bits per heavy atom. The molecule has 14 nitrogen and oxygen atoms in total. The SMILES string of the molecule is CCC(C)[C@H](NC(=O)CN=[N+]=[N-])C(=O)N[C@H](C(=O)N[C@H](C(=O)N[C@@H](CC(C)C)CS(=O)(=O)F)C(C)O)C(C)CC. The summed E-state index contributed by atoms with van der Waals surface area (Å²) in [6.45, 7) is 11.2. The van der Waals surface area contributed by atoms with Crippen LogP contribution in [0.1, 0.15) is 67.7 Å². The zero-order valence-corrected chi connectivity index (χ0v) is 25.0. The zero-order valence-electron chi connectivity index (χ0n) is 24.2. The van der Waals surface area contributed by atoms with Gasteiger partial charge in [-0.3, -0.25) is 19.2 Å². The molecule has 230 valence electrons. The number of nitrogens with one attached hydrogen (secondary N) is 4. The van der Waals surface area contributed by atoms with Crippen molar-refractivity contribution < 1.29 is 36.6 Å². The van der Waals surface area contributed by atoms with E-state index in [0.717, 1.165) is 0 Å². The Balaban J connectivity index is 5.89. The van der Waals surface area contributed by atoms with Gasteiger partial charge in [0.2, 0.25) is 23.6 Å². The monoisotopic (exact) mass is 593 g/mol. The summed E-state index contributed by atoms with van der Waals surface area (Å²) in [5.41, 5.74) is 8.43. The van der Waals surface area contributed by atoms with Crippen molar-refractivity contribution in [3.63, 3.8) is 0 Å². The maximum absolute atomic E-state index is 13.4. The fourth-order valence-corrected chi connectivity index (χ4v) is 4.58. The Hall–Kier alpha value is -2.97. The first kappa shape index (κ1) is 37.0. The number of rotatable bonds is 18. The van der Waals surface area contributed by atoms with Crippen molar-refractivity contribution >= 4 is 33.9 Å². The third-order valence-corrected chi connectivity index (χ3v) is 7.25. The zero-order chi connectivity index (χ0) is 31.2. The number of aliphatic hydroxyl groups is 1. The fourth-order valence-electron chi connectivity index (χ4n) is 3.88. The number of nitrogens with zero attached hydrogens (tertiary/aromatic N) is 3. The van der Waals surface area contributed by atoms with Gasteiger partial charge in [0.05, 0.1) is 6.10 Å². The molecule has 7 atom stereocenters. The van der Waals surface area contributed by atoms with E-state index >= 15 is 0 Å². The van der Waals surface area contributed by atoms with E-state index in [2.05, 4.69) is 31.3 Å². The molecule has 0 fully saturated rings. The summed E-state index contributed by atoms with van der Waals surface area (Å²) in [6.07, 6.45) is -0.363. The van der Waals surface area contributed by atoms with Crippen molar-refractivity contribution in [2.75, 3.05) is 12.3 Å². The minimum absolute atomic E-state index is 0.0951. The molecule has 40 heavy (non-hydrogen) atoms. The summed E-state index contributed by atoms with van der Waals surface area (Å²) >= 11 is 0. The van der Waals surface area contributed by atoms with E-state index in [9.17, 15) is 36.6 Å². The lowest BCUT2D eigenvalue weighted by molar-refractivity contribution is -0.136. The van der Waals surface area contributed by atoms with Crippen LogP contribution in [0.15, 0.2) is 5.11 Å². The number of azide groups is 1. The van der Waals surface area contributed by atoms with Gasteiger partial charge >= 0.3 is 10.2 Å². The standard InChI is InChI=1S/C24H44FN7O7S/c1-8-14(5)19(29-18(34)11-27-32-26)22(35)30-20(15(6)9-2)23(36)31-21(16(7)33)24(37)28-17(10-13(3)4)12-40(25,38)39/h13-17,19-21,33H,8-12H2,1-7H3,(H,28,37)(H,29,34)(H,30,35)(H,31,36)/t14?,15?,16?,17-,19-,20-,21-/m0/s1. The minimum atomic E-state index is -4.92. The van der Waals surface area contributed by atoms with E-state index in [0.29, 0.717) is 12.8 Å². The van der Waals surface area contributed by atoms with Gasteiger partial charge in [-0.15, -0.1) is 3.89 Å². The quantitative estimate of drug-likeness (QED) is 0.0672. The maximum atomic E-state index is 13.4. The fraction of sp³-hybridized carbons (Fsp3) is 0.833. The predicted octanol–water partition coefficient (Wildman–Crippen LogP) is 1.05. The molecule has 0 heterocycles. The largest absolute Gasteiger partial charge is 0.391 e. The van der Waals surface area contributed by atoms with Crippen LogP contribution in [-0.4, -0.2) is 79.7 Å². The topological polar surface area (TPSA) is 220 Å². The van der Waals surface area contributed by atoms with Crippen LogP contribution < -0.4 is 21.3 Å². The van der Waals surface area contributed by atoms with Crippen molar-refractivity contribution in [3.05, 3.63) is 10.4 Å². The molecule has 0 aromatic heterocycles. The van der Waals surface area contributed by atoms with Gasteiger partial charge in [-0.25, -0.2) is 0 Å². The molecule has 0 aromatic carbocycles. The smallest absolute Gasteiger partial charge is 0.304 e. The van der Waals surface area contributed by atoms with E-state index in [-0.39, 0.29) is 18.3 Å². The van der Waals surface area contributed by atoms with Gasteiger partial charge in [-0.2, -0.15) is 8.42 Å². The van der Waals surface area contributed by atoms with Crippen LogP contribution in [0.2, 0.25) is 0 Å². The molecule has 5 N–H and O–H groups in total. The lowest BCUT2D eigenvalue weighted by Gasteiger charge is -2.31. The molecular weight excluding hydrogens is 549 g/mol. The van der Waals surface area contributed by atoms with E-state index in [1.54, 1.807) is 41.5 Å². The van der Waals surface area contributed by atoms with Crippen molar-refractivity contribution in [2.45, 2.75) is 98.0 Å². The molecule has 0 saturated heterocycles. The summed E-state index contributed by atoms with van der Waals surface area (Å²) in [7, 11) is -4.92. The number of hydrogen-bond acceptors (Lipinski definition) is 8. The van der Waals surface area contributed by atoms with Crippen molar-refractivity contribution in [2.24, 2.45) is 22.9 Å². The average molecular weight is 594 g/mol. The Labute approximate surface area is 235 Å². The average Bonchev–Trinajstić information content (AvgIpc) is 2.84. The highest BCUT2D eigenvalue weighted by atomic mass is 32.3. The highest BCUT2D eigenvalue weighted by molar-refractivity contribution is 7.86. The highest BCUT2D eigenvalue weighted by Gasteiger charge is 2.35. The Morgan fingerprint density at radius 3 is 1.70 bits per heavy atom. The van der Waals surface area contributed by atoms with E-state index < -0.39 is 82.3 Å². The normalized spacial score (nSPS) is 16.8. The molecule has 0 aliphatic carbocycles. The number of halogens is 1. The lowest BCUT2D eigenvalue weighted by atomic mass is 9.94. The van der Waals surface area contributed by atoms with Gasteiger partial charge in [-0.1, -0.05) is 59.5 Å². The number of aliphatic hydroxyl groups excluding tert-OH is 1. The molecule has 0 rings (SSSR count). The highest BCUT2D eigenvalue weighted by Crippen LogP contribution is 2.14. The van der Waals surface area contributed by atoms with Crippen molar-refractivity contribution in [1.82, 2.24) is 21.3 Å². The predicted molar refractivity (Wildman–Crippen MR) is 147 cm³/mol. The van der Waals surface area contributed by atoms with Gasteiger partial charge in [0.25, 0.3) is 0 Å². The van der Waals surface area contributed by atoms with E-state index in [1.807, 2.05) is 0 Å². The second kappa shape index (κ2) is 17.7. The second-order valence-electron chi connectivity index (χ2n) is 10.5. The van der Waals surface area contributed by atoms with Crippen LogP contribution in [0.3, 0.4) is 0 Å². The van der Waals surface area contributed by atoms with Gasteiger partial charge < -0.3 is 26.4 Å². The molecule has 16 heteroatoms. The number of carbonyl (C=O) groups excluding carboxylic acids is 4. The molecule has 0 bridgehead atoms. The summed E-state index contributed by atoms with van der Waals surface area (Å²) in [4.78, 5) is 54.1. The molecule has 0 aliphatic heterocycles. The molecule has 4 amide bonds. The molecule has 0 saturated carbocycles. The molecule has 3 unspecified atom stereocenters. The van der Waals surface area contributed by atoms with Crippen LogP contribution >= 0.6 is 0 Å².